The van der Waals surface area contributed by atoms with Gasteiger partial charge in [-0.1, -0.05) is 24.3 Å². The number of hydrogen-bond donors (Lipinski definition) is 3. The van der Waals surface area contributed by atoms with E-state index >= 15 is 0 Å². The van der Waals surface area contributed by atoms with Crippen LogP contribution >= 0.6 is 0 Å². The summed E-state index contributed by atoms with van der Waals surface area (Å²) in [5.41, 5.74) is 13.5. The second-order valence-corrected chi connectivity index (χ2v) is 11.8. The van der Waals surface area contributed by atoms with E-state index in [-0.39, 0.29) is 12.4 Å². The lowest BCUT2D eigenvalue weighted by molar-refractivity contribution is 0.0660. The highest BCUT2D eigenvalue weighted by Crippen LogP contribution is 2.29. The Morgan fingerprint density at radius 3 is 2.02 bits per heavy atom. The fraction of sp³-hybridized carbons (Fsp3) is 0.400. The molecule has 3 aromatic carbocycles. The molecule has 1 fully saturated rings. The first-order valence-electron chi connectivity index (χ1n) is 13.2. The molecule has 4 rings (SSSR count). The molecule has 1 atom stereocenters. The summed E-state index contributed by atoms with van der Waals surface area (Å²) in [7, 11) is -3.67. The van der Waals surface area contributed by atoms with Crippen LogP contribution < -0.4 is 15.4 Å². The molecule has 0 spiro atoms. The summed E-state index contributed by atoms with van der Waals surface area (Å²) < 4.78 is 44.9. The zero-order valence-corrected chi connectivity index (χ0v) is 24.4. The molecule has 3 aromatic rings. The number of aryl methyl sites for hydroxylation is 1. The first kappa shape index (κ1) is 31.3. The molecule has 1 heterocycles. The monoisotopic (exact) mass is 573 g/mol. The minimum absolute atomic E-state index is 0.203. The van der Waals surface area contributed by atoms with Crippen molar-refractivity contribution in [1.29, 1.82) is 0 Å². The van der Waals surface area contributed by atoms with E-state index in [9.17, 15) is 17.9 Å². The van der Waals surface area contributed by atoms with Crippen LogP contribution in [0.4, 0.5) is 15.8 Å². The normalized spacial score (nSPS) is 14.8. The number of nitrogens with zero attached hydrogens (tertiary/aromatic N) is 2. The van der Waals surface area contributed by atoms with Gasteiger partial charge in [0.05, 0.1) is 6.26 Å². The van der Waals surface area contributed by atoms with Gasteiger partial charge in [-0.25, -0.2) is 4.39 Å². The highest BCUT2D eigenvalue weighted by atomic mass is 32.2. The third-order valence-electron chi connectivity index (χ3n) is 7.00. The number of ether oxygens (including phenoxy) is 1. The second kappa shape index (κ2) is 13.9. The number of anilines is 2. The molecule has 1 saturated heterocycles. The van der Waals surface area contributed by atoms with E-state index in [1.807, 2.05) is 39.0 Å². The van der Waals surface area contributed by atoms with Gasteiger partial charge in [-0.3, -0.25) is 9.45 Å². The lowest BCUT2D eigenvalue weighted by Crippen LogP contribution is -2.49. The predicted octanol–water partition coefficient (Wildman–Crippen LogP) is 3.99. The van der Waals surface area contributed by atoms with Crippen LogP contribution in [0.2, 0.25) is 0 Å². The van der Waals surface area contributed by atoms with E-state index in [1.165, 1.54) is 23.4 Å². The van der Waals surface area contributed by atoms with Gasteiger partial charge in [-0.2, -0.15) is 8.42 Å². The predicted molar refractivity (Wildman–Crippen MR) is 158 cm³/mol. The highest BCUT2D eigenvalue weighted by Gasteiger charge is 2.20. The molecule has 1 aliphatic heterocycles. The van der Waals surface area contributed by atoms with Crippen LogP contribution in [-0.4, -0.2) is 74.7 Å². The lowest BCUT2D eigenvalue weighted by atomic mass is 10.0. The summed E-state index contributed by atoms with van der Waals surface area (Å²) in [5, 5.41) is 10.6. The van der Waals surface area contributed by atoms with E-state index in [1.54, 1.807) is 0 Å². The summed E-state index contributed by atoms with van der Waals surface area (Å²) >= 11 is 0. The third-order valence-corrected chi connectivity index (χ3v) is 7.00. The molecule has 218 valence electrons. The van der Waals surface area contributed by atoms with Gasteiger partial charge in [0.25, 0.3) is 10.1 Å². The molecule has 0 radical (unpaired) electrons. The molecule has 8 nitrogen and oxygen atoms in total. The van der Waals surface area contributed by atoms with E-state index in [0.717, 1.165) is 66.3 Å². The standard InChI is InChI=1S/C29H36FN3O2.CH4O3S/c1-20-16-28(21(2)22(3)29(20)31)35-19-27(34)18-32-12-14-33(15-13-32)26-10-6-24(7-11-26)17-23-4-8-25(30)9-5-23;1-5(2,3)4/h4-11,16,27,34H,12-15,17-19,31H2,1-3H3;1H3,(H,2,3,4)/t27-;/m0./s1. The van der Waals surface area contributed by atoms with Crippen molar-refractivity contribution < 1.29 is 27.2 Å². The number of aliphatic hydroxyl groups is 1. The summed E-state index contributed by atoms with van der Waals surface area (Å²) in [6.07, 6.45) is 0.959. The van der Waals surface area contributed by atoms with Crippen LogP contribution in [0.15, 0.2) is 54.6 Å². The molecular formula is C30H40FN3O5S. The van der Waals surface area contributed by atoms with Gasteiger partial charge in [-0.05, 0) is 85.3 Å². The van der Waals surface area contributed by atoms with E-state index in [4.69, 9.17) is 15.0 Å². The zero-order chi connectivity index (χ0) is 29.4. The summed E-state index contributed by atoms with van der Waals surface area (Å²) in [4.78, 5) is 4.67. The number of nitrogens with two attached hydrogens (primary N) is 1. The SMILES string of the molecule is CS(=O)(=O)O.Cc1cc(OC[C@@H](O)CN2CCN(c3ccc(Cc4ccc(F)cc4)cc3)CC2)c(C)c(C)c1N. The number of piperazine rings is 1. The Labute approximate surface area is 236 Å². The van der Waals surface area contributed by atoms with Crippen molar-refractivity contribution in [2.45, 2.75) is 33.3 Å². The minimum atomic E-state index is -3.67. The van der Waals surface area contributed by atoms with Crippen molar-refractivity contribution in [3.8, 4) is 5.75 Å². The fourth-order valence-electron chi connectivity index (χ4n) is 4.60. The van der Waals surface area contributed by atoms with Crippen LogP contribution in [0, 0.1) is 26.6 Å². The minimum Gasteiger partial charge on any atom is -0.491 e. The van der Waals surface area contributed by atoms with Crippen molar-refractivity contribution in [3.63, 3.8) is 0 Å². The van der Waals surface area contributed by atoms with Crippen LogP contribution in [-0.2, 0) is 16.5 Å². The Kier molecular flexibility index (Phi) is 10.9. The van der Waals surface area contributed by atoms with Gasteiger partial charge in [0.15, 0.2) is 0 Å². The molecule has 0 unspecified atom stereocenters. The molecule has 0 bridgehead atoms. The quantitative estimate of drug-likeness (QED) is 0.274. The molecular weight excluding hydrogens is 533 g/mol. The van der Waals surface area contributed by atoms with Crippen LogP contribution in [0.1, 0.15) is 27.8 Å². The average molecular weight is 574 g/mol. The number of hydrogen-bond acceptors (Lipinski definition) is 7. The number of benzene rings is 3. The first-order valence-corrected chi connectivity index (χ1v) is 15.0. The maximum atomic E-state index is 13.1. The summed E-state index contributed by atoms with van der Waals surface area (Å²) in [5.74, 6) is 0.589. The fourth-order valence-corrected chi connectivity index (χ4v) is 4.60. The van der Waals surface area contributed by atoms with Gasteiger partial charge in [0.1, 0.15) is 24.3 Å². The van der Waals surface area contributed by atoms with Crippen molar-refractivity contribution in [3.05, 3.63) is 88.2 Å². The number of rotatable bonds is 8. The Morgan fingerprint density at radius 2 is 1.48 bits per heavy atom. The van der Waals surface area contributed by atoms with E-state index < -0.39 is 16.2 Å². The second-order valence-electron chi connectivity index (χ2n) is 10.3. The topological polar surface area (TPSA) is 116 Å². The van der Waals surface area contributed by atoms with Crippen LogP contribution in [0.3, 0.4) is 0 Å². The van der Waals surface area contributed by atoms with Crippen LogP contribution in [0.5, 0.6) is 5.75 Å². The molecule has 4 N–H and O–H groups in total. The zero-order valence-electron chi connectivity index (χ0n) is 23.6. The van der Waals surface area contributed by atoms with Crippen molar-refractivity contribution in [2.75, 3.05) is 56.2 Å². The van der Waals surface area contributed by atoms with Gasteiger partial charge in [0.2, 0.25) is 0 Å². The average Bonchev–Trinajstić information content (AvgIpc) is 2.90. The molecule has 40 heavy (non-hydrogen) atoms. The highest BCUT2D eigenvalue weighted by molar-refractivity contribution is 7.85. The largest absolute Gasteiger partial charge is 0.491 e. The first-order chi connectivity index (χ1) is 18.8. The van der Waals surface area contributed by atoms with Gasteiger partial charge < -0.3 is 20.5 Å². The number of nitrogen functional groups attached to an aromatic ring is 1. The van der Waals surface area contributed by atoms with Crippen molar-refractivity contribution >= 4 is 21.5 Å². The molecule has 1 aliphatic rings. The Morgan fingerprint density at radius 1 is 0.950 bits per heavy atom. The number of aliphatic hydroxyl groups excluding tert-OH is 1. The summed E-state index contributed by atoms with van der Waals surface area (Å²) in [6.45, 7) is 10.5. The van der Waals surface area contributed by atoms with E-state index in [2.05, 4.69) is 34.1 Å². The number of β-amino-alcohol motifs (C(OH)–C–C–N with tert-alkyl or cyclic N) is 1. The van der Waals surface area contributed by atoms with Gasteiger partial charge in [-0.15, -0.1) is 0 Å². The third kappa shape index (κ3) is 9.78. The lowest BCUT2D eigenvalue weighted by Gasteiger charge is -2.37. The molecule has 10 heteroatoms. The summed E-state index contributed by atoms with van der Waals surface area (Å²) in [6, 6.07) is 17.3. The smallest absolute Gasteiger partial charge is 0.261 e. The maximum absolute atomic E-state index is 13.1. The molecule has 0 amide bonds. The van der Waals surface area contributed by atoms with Crippen molar-refractivity contribution in [1.82, 2.24) is 4.90 Å². The Balaban J connectivity index is 0.000000810. The number of halogens is 1. The van der Waals surface area contributed by atoms with Gasteiger partial charge >= 0.3 is 0 Å². The Bertz CT molecular complexity index is 1350. The van der Waals surface area contributed by atoms with Crippen LogP contribution in [0.25, 0.3) is 0 Å². The van der Waals surface area contributed by atoms with E-state index in [0.29, 0.717) is 12.8 Å². The maximum Gasteiger partial charge on any atom is 0.261 e. The van der Waals surface area contributed by atoms with Crippen molar-refractivity contribution in [2.24, 2.45) is 0 Å². The van der Waals surface area contributed by atoms with Gasteiger partial charge in [0, 0.05) is 44.1 Å². The molecule has 0 saturated carbocycles. The molecule has 0 aliphatic carbocycles. The Hall–Kier alpha value is -3.18. The molecule has 0 aromatic heterocycles.